The van der Waals surface area contributed by atoms with E-state index < -0.39 is 17.8 Å². The second-order valence-corrected chi connectivity index (χ2v) is 6.58. The summed E-state index contributed by atoms with van der Waals surface area (Å²) in [6, 6.07) is 9.77. The Morgan fingerprint density at radius 1 is 1.18 bits per heavy atom. The standard InChI is InChI=1S/C18H23NO3/c1-2-14(11-6-4-3-5-7-11)19-17(20)15-12-8-9-13(10-12)16(15)18(21)22/h3-7,12-16H,2,8-10H2,1H3,(H,19,20)(H,21,22)/p-1/t12-,13+,14+,15-,16+/m1/s1. The molecule has 2 bridgehead atoms. The van der Waals surface area contributed by atoms with E-state index in [0.717, 1.165) is 31.2 Å². The molecule has 0 aromatic heterocycles. The number of benzene rings is 1. The molecule has 2 aliphatic carbocycles. The third-order valence-electron chi connectivity index (χ3n) is 5.42. The molecule has 0 unspecified atom stereocenters. The Morgan fingerprint density at radius 3 is 2.41 bits per heavy atom. The monoisotopic (exact) mass is 300 g/mol. The molecule has 0 saturated heterocycles. The molecule has 1 N–H and O–H groups in total. The number of nitrogens with one attached hydrogen (secondary N) is 1. The number of amides is 1. The van der Waals surface area contributed by atoms with Crippen LogP contribution in [-0.4, -0.2) is 11.9 Å². The van der Waals surface area contributed by atoms with Gasteiger partial charge in [0.1, 0.15) is 0 Å². The summed E-state index contributed by atoms with van der Waals surface area (Å²) in [5.74, 6) is -1.85. The van der Waals surface area contributed by atoms with Crippen LogP contribution < -0.4 is 10.4 Å². The Bertz CT molecular complexity index is 557. The predicted molar refractivity (Wildman–Crippen MR) is 80.4 cm³/mol. The first kappa shape index (κ1) is 15.1. The van der Waals surface area contributed by atoms with Crippen LogP contribution in [0.5, 0.6) is 0 Å². The van der Waals surface area contributed by atoms with Crippen molar-refractivity contribution in [2.24, 2.45) is 23.7 Å². The van der Waals surface area contributed by atoms with Gasteiger partial charge in [0.25, 0.3) is 0 Å². The lowest BCUT2D eigenvalue weighted by molar-refractivity contribution is -0.314. The quantitative estimate of drug-likeness (QED) is 0.899. The van der Waals surface area contributed by atoms with Crippen LogP contribution in [-0.2, 0) is 9.59 Å². The smallest absolute Gasteiger partial charge is 0.224 e. The molecule has 1 amide bonds. The Hall–Kier alpha value is -1.84. The molecule has 0 aliphatic heterocycles. The van der Waals surface area contributed by atoms with Crippen molar-refractivity contribution in [3.8, 4) is 0 Å². The molecule has 22 heavy (non-hydrogen) atoms. The van der Waals surface area contributed by atoms with Gasteiger partial charge >= 0.3 is 0 Å². The maximum absolute atomic E-state index is 12.7. The molecule has 118 valence electrons. The molecule has 5 atom stereocenters. The summed E-state index contributed by atoms with van der Waals surface area (Å²) < 4.78 is 0. The lowest BCUT2D eigenvalue weighted by Gasteiger charge is -2.32. The number of carboxylic acids is 1. The van der Waals surface area contributed by atoms with Crippen molar-refractivity contribution in [1.82, 2.24) is 5.32 Å². The van der Waals surface area contributed by atoms with Crippen molar-refractivity contribution in [1.29, 1.82) is 0 Å². The van der Waals surface area contributed by atoms with E-state index in [9.17, 15) is 14.7 Å². The zero-order chi connectivity index (χ0) is 15.7. The van der Waals surface area contributed by atoms with E-state index >= 15 is 0 Å². The number of carbonyl (C=O) groups is 2. The number of carbonyl (C=O) groups excluding carboxylic acids is 2. The lowest BCUT2D eigenvalue weighted by atomic mass is 9.78. The van der Waals surface area contributed by atoms with Crippen LogP contribution in [0.4, 0.5) is 0 Å². The van der Waals surface area contributed by atoms with Gasteiger partial charge in [0, 0.05) is 17.8 Å². The van der Waals surface area contributed by atoms with Crippen LogP contribution in [0.25, 0.3) is 0 Å². The highest BCUT2D eigenvalue weighted by molar-refractivity contribution is 5.85. The van der Waals surface area contributed by atoms with Gasteiger partial charge in [-0.1, -0.05) is 37.3 Å². The fourth-order valence-corrected chi connectivity index (χ4v) is 4.38. The minimum Gasteiger partial charge on any atom is -0.550 e. The van der Waals surface area contributed by atoms with E-state index in [2.05, 4.69) is 5.32 Å². The molecule has 0 heterocycles. The summed E-state index contributed by atoms with van der Waals surface area (Å²) in [6.07, 6.45) is 3.53. The van der Waals surface area contributed by atoms with Gasteiger partial charge in [-0.25, -0.2) is 0 Å². The molecular weight excluding hydrogens is 278 g/mol. The number of fused-ring (bicyclic) bond motifs is 2. The lowest BCUT2D eigenvalue weighted by Crippen LogP contribution is -2.46. The van der Waals surface area contributed by atoms with Crippen molar-refractivity contribution in [2.45, 2.75) is 38.6 Å². The number of aliphatic carboxylic acids is 1. The fraction of sp³-hybridized carbons (Fsp3) is 0.556. The summed E-state index contributed by atoms with van der Waals surface area (Å²) in [4.78, 5) is 24.1. The van der Waals surface area contributed by atoms with Crippen molar-refractivity contribution in [3.63, 3.8) is 0 Å². The first-order valence-electron chi connectivity index (χ1n) is 8.18. The highest BCUT2D eigenvalue weighted by Crippen LogP contribution is 2.52. The van der Waals surface area contributed by atoms with E-state index in [-0.39, 0.29) is 23.8 Å². The average molecular weight is 300 g/mol. The van der Waals surface area contributed by atoms with Gasteiger partial charge in [-0.15, -0.1) is 0 Å². The topological polar surface area (TPSA) is 69.2 Å². The van der Waals surface area contributed by atoms with Gasteiger partial charge < -0.3 is 15.2 Å². The molecule has 0 spiro atoms. The zero-order valence-electron chi connectivity index (χ0n) is 12.8. The van der Waals surface area contributed by atoms with Crippen molar-refractivity contribution >= 4 is 11.9 Å². The van der Waals surface area contributed by atoms with E-state index in [1.807, 2.05) is 37.3 Å². The Morgan fingerprint density at radius 2 is 1.82 bits per heavy atom. The molecule has 3 rings (SSSR count). The highest BCUT2D eigenvalue weighted by atomic mass is 16.4. The molecule has 4 nitrogen and oxygen atoms in total. The van der Waals surface area contributed by atoms with Gasteiger partial charge in [-0.2, -0.15) is 0 Å². The molecule has 4 heteroatoms. The summed E-state index contributed by atoms with van der Waals surface area (Å²) in [5, 5.41) is 14.5. The molecule has 0 radical (unpaired) electrons. The maximum atomic E-state index is 12.7. The second-order valence-electron chi connectivity index (χ2n) is 6.58. The number of hydrogen-bond donors (Lipinski definition) is 1. The minimum atomic E-state index is -1.06. The highest BCUT2D eigenvalue weighted by Gasteiger charge is 2.51. The average Bonchev–Trinajstić information content (AvgIpc) is 3.14. The van der Waals surface area contributed by atoms with E-state index in [4.69, 9.17) is 0 Å². The van der Waals surface area contributed by atoms with Crippen molar-refractivity contribution in [3.05, 3.63) is 35.9 Å². The van der Waals surface area contributed by atoms with Crippen molar-refractivity contribution < 1.29 is 14.7 Å². The summed E-state index contributed by atoms with van der Waals surface area (Å²) >= 11 is 0. The maximum Gasteiger partial charge on any atom is 0.224 e. The van der Waals surface area contributed by atoms with Crippen LogP contribution in [0.3, 0.4) is 0 Å². The van der Waals surface area contributed by atoms with E-state index in [1.54, 1.807) is 0 Å². The predicted octanol–water partition coefficient (Wildman–Crippen LogP) is 1.67. The largest absolute Gasteiger partial charge is 0.550 e. The summed E-state index contributed by atoms with van der Waals surface area (Å²) in [6.45, 7) is 2.02. The van der Waals surface area contributed by atoms with Gasteiger partial charge in [0.2, 0.25) is 5.91 Å². The number of carboxylic acid groups (broad SMARTS) is 1. The van der Waals surface area contributed by atoms with Crippen LogP contribution in [0.1, 0.15) is 44.2 Å². The number of rotatable bonds is 5. The Balaban J connectivity index is 1.74. The molecular formula is C18H22NO3-. The number of hydrogen-bond acceptors (Lipinski definition) is 3. The SMILES string of the molecule is CC[C@H](NC(=O)[C@@H]1[C@@H]2CC[C@@H](C2)[C@@H]1C(=O)[O-])c1ccccc1. The van der Waals surface area contributed by atoms with Gasteiger partial charge in [-0.3, -0.25) is 4.79 Å². The van der Waals surface area contributed by atoms with Crippen LogP contribution in [0, 0.1) is 23.7 Å². The molecule has 2 saturated carbocycles. The summed E-state index contributed by atoms with van der Waals surface area (Å²) in [7, 11) is 0. The van der Waals surface area contributed by atoms with Crippen LogP contribution in [0.15, 0.2) is 30.3 Å². The van der Waals surface area contributed by atoms with E-state index in [0.29, 0.717) is 0 Å². The van der Waals surface area contributed by atoms with Crippen LogP contribution in [0.2, 0.25) is 0 Å². The molecule has 1 aromatic rings. The van der Waals surface area contributed by atoms with Crippen LogP contribution >= 0.6 is 0 Å². The van der Waals surface area contributed by atoms with Gasteiger partial charge in [-0.05, 0) is 43.1 Å². The minimum absolute atomic E-state index is 0.0600. The molecule has 2 aliphatic rings. The Kier molecular flexibility index (Phi) is 4.19. The molecule has 1 aromatic carbocycles. The normalized spacial score (nSPS) is 31.0. The fourth-order valence-electron chi connectivity index (χ4n) is 4.38. The van der Waals surface area contributed by atoms with Crippen molar-refractivity contribution in [2.75, 3.05) is 0 Å². The zero-order valence-corrected chi connectivity index (χ0v) is 12.8. The van der Waals surface area contributed by atoms with Gasteiger partial charge in [0.15, 0.2) is 0 Å². The third-order valence-corrected chi connectivity index (χ3v) is 5.42. The third kappa shape index (κ3) is 2.62. The van der Waals surface area contributed by atoms with Gasteiger partial charge in [0.05, 0.1) is 6.04 Å². The molecule has 2 fully saturated rings. The van der Waals surface area contributed by atoms with E-state index in [1.165, 1.54) is 0 Å². The first-order chi connectivity index (χ1) is 10.6. The second kappa shape index (κ2) is 6.11. The first-order valence-corrected chi connectivity index (χ1v) is 8.18. The Labute approximate surface area is 130 Å². The summed E-state index contributed by atoms with van der Waals surface area (Å²) in [5.41, 5.74) is 1.06.